The van der Waals surface area contributed by atoms with Crippen LogP contribution in [0.4, 0.5) is 11.4 Å². The molecule has 1 N–H and O–H groups in total. The quantitative estimate of drug-likeness (QED) is 0.395. The Hall–Kier alpha value is -3.60. The molecule has 4 heterocycles. The highest BCUT2D eigenvalue weighted by Crippen LogP contribution is 2.45. The van der Waals surface area contributed by atoms with Gasteiger partial charge in [-0.3, -0.25) is 9.59 Å². The normalized spacial score (nSPS) is 15.8. The molecule has 1 amide bonds. The molecule has 2 aromatic carbocycles. The van der Waals surface area contributed by atoms with Gasteiger partial charge in [0.1, 0.15) is 11.2 Å². The smallest absolute Gasteiger partial charge is 0.274 e. The highest BCUT2D eigenvalue weighted by molar-refractivity contribution is 7.89. The molecule has 40 heavy (non-hydrogen) atoms. The molecule has 0 aliphatic carbocycles. The number of nitrogens with zero attached hydrogens (tertiary/aromatic N) is 4. The Morgan fingerprint density at radius 2 is 1.70 bits per heavy atom. The van der Waals surface area contributed by atoms with Crippen molar-refractivity contribution in [2.24, 2.45) is 7.05 Å². The standard InChI is InChI=1S/C29H30ClN5O4S/c1-32-10-12-34(13-11-32)29(37)26-23-16-35(20-7-5-19(30)6-8-20)24-9-4-18(17-40(3,38)39)14-21(24)22-15-33(2)28(36)27(31-26)25(22)23/h4-9,14-15,31H,10-13,16-17H2,1-3H3. The number of aryl methyl sites for hydroxylation is 1. The molecular weight excluding hydrogens is 550 g/mol. The summed E-state index contributed by atoms with van der Waals surface area (Å²) in [6.45, 7) is 3.09. The third-order valence-electron chi connectivity index (χ3n) is 7.76. The number of aromatic nitrogens is 2. The monoisotopic (exact) mass is 579 g/mol. The van der Waals surface area contributed by atoms with Crippen molar-refractivity contribution in [1.29, 1.82) is 0 Å². The van der Waals surface area contributed by atoms with E-state index < -0.39 is 9.84 Å². The minimum absolute atomic E-state index is 0.108. The molecule has 2 aliphatic rings. The molecule has 6 rings (SSSR count). The van der Waals surface area contributed by atoms with E-state index in [4.69, 9.17) is 11.6 Å². The van der Waals surface area contributed by atoms with Crippen molar-refractivity contribution in [1.82, 2.24) is 19.4 Å². The molecule has 208 valence electrons. The Labute approximate surface area is 237 Å². The number of carbonyl (C=O) groups excluding carboxylic acids is 1. The van der Waals surface area contributed by atoms with Gasteiger partial charge in [0.15, 0.2) is 9.84 Å². The number of nitrogens with one attached hydrogen (secondary N) is 1. The number of fused-ring (bicyclic) bond motifs is 2. The summed E-state index contributed by atoms with van der Waals surface area (Å²) in [6, 6.07) is 13.1. The Morgan fingerprint density at radius 1 is 1.00 bits per heavy atom. The summed E-state index contributed by atoms with van der Waals surface area (Å²) in [5.41, 5.74) is 5.18. The van der Waals surface area contributed by atoms with Crippen LogP contribution in [-0.2, 0) is 29.2 Å². The van der Waals surface area contributed by atoms with Crippen LogP contribution in [0.15, 0.2) is 53.5 Å². The molecule has 1 fully saturated rings. The molecule has 0 unspecified atom stereocenters. The molecule has 2 aliphatic heterocycles. The molecule has 0 spiro atoms. The number of halogens is 1. The van der Waals surface area contributed by atoms with E-state index in [1.54, 1.807) is 13.2 Å². The summed E-state index contributed by atoms with van der Waals surface area (Å²) in [5.74, 6) is -0.240. The fraction of sp³-hybridized carbons (Fsp3) is 0.310. The number of aromatic amines is 1. The van der Waals surface area contributed by atoms with Gasteiger partial charge < -0.3 is 24.3 Å². The van der Waals surface area contributed by atoms with Gasteiger partial charge in [0.05, 0.1) is 12.3 Å². The van der Waals surface area contributed by atoms with Crippen molar-refractivity contribution in [2.75, 3.05) is 44.4 Å². The van der Waals surface area contributed by atoms with Crippen molar-refractivity contribution in [3.05, 3.63) is 80.9 Å². The average Bonchev–Trinajstić information content (AvgIpc) is 3.22. The molecule has 4 aromatic rings. The third kappa shape index (κ3) is 4.70. The van der Waals surface area contributed by atoms with Crippen molar-refractivity contribution >= 4 is 49.6 Å². The van der Waals surface area contributed by atoms with Crippen molar-refractivity contribution in [2.45, 2.75) is 12.3 Å². The highest BCUT2D eigenvalue weighted by atomic mass is 35.5. The van der Waals surface area contributed by atoms with Crippen LogP contribution in [0.2, 0.25) is 5.02 Å². The van der Waals surface area contributed by atoms with Crippen molar-refractivity contribution < 1.29 is 13.2 Å². The first kappa shape index (κ1) is 26.6. The first-order valence-electron chi connectivity index (χ1n) is 13.1. The van der Waals surface area contributed by atoms with Gasteiger partial charge in [0, 0.05) is 84.2 Å². The number of likely N-dealkylation sites (N-methyl/N-ethyl adjacent to an activating group) is 1. The molecule has 0 radical (unpaired) electrons. The zero-order valence-corrected chi connectivity index (χ0v) is 24.1. The number of pyridine rings is 1. The predicted molar refractivity (Wildman–Crippen MR) is 158 cm³/mol. The number of piperazine rings is 1. The fourth-order valence-corrected chi connectivity index (χ4v) is 6.63. The van der Waals surface area contributed by atoms with Crippen LogP contribution in [0.3, 0.4) is 0 Å². The van der Waals surface area contributed by atoms with Crippen molar-refractivity contribution in [3.8, 4) is 11.1 Å². The second kappa shape index (κ2) is 9.79. The first-order chi connectivity index (χ1) is 19.0. The van der Waals surface area contributed by atoms with Gasteiger partial charge >= 0.3 is 0 Å². The van der Waals surface area contributed by atoms with Gasteiger partial charge in [0.2, 0.25) is 0 Å². The number of H-pyrrole nitrogens is 1. The van der Waals surface area contributed by atoms with Gasteiger partial charge in [0.25, 0.3) is 11.5 Å². The lowest BCUT2D eigenvalue weighted by Crippen LogP contribution is -2.47. The SMILES string of the molecule is CN1CCN(C(=O)c2[nH]c3c(=O)n(C)cc4c3c2CN(c2ccc(Cl)cc2)c2ccc(CS(C)(=O)=O)cc2-4)CC1. The van der Waals surface area contributed by atoms with Gasteiger partial charge in [-0.2, -0.15) is 0 Å². The van der Waals surface area contributed by atoms with E-state index in [2.05, 4.69) is 14.8 Å². The van der Waals surface area contributed by atoms with E-state index in [0.29, 0.717) is 46.8 Å². The molecule has 11 heteroatoms. The number of rotatable bonds is 4. The molecule has 0 atom stereocenters. The number of sulfone groups is 1. The topological polar surface area (TPSA) is 98.7 Å². The van der Waals surface area contributed by atoms with Crippen LogP contribution >= 0.6 is 11.6 Å². The Balaban J connectivity index is 1.62. The summed E-state index contributed by atoms with van der Waals surface area (Å²) in [5, 5.41) is 1.29. The Kier molecular flexibility index (Phi) is 6.52. The maximum absolute atomic E-state index is 13.9. The summed E-state index contributed by atoms with van der Waals surface area (Å²) in [4.78, 5) is 36.7. The first-order valence-corrected chi connectivity index (χ1v) is 15.5. The summed E-state index contributed by atoms with van der Waals surface area (Å²) in [7, 11) is 0.442. The number of carbonyl (C=O) groups is 1. The van der Waals surface area contributed by atoms with Crippen LogP contribution < -0.4 is 10.5 Å². The molecule has 1 saturated heterocycles. The van der Waals surface area contributed by atoms with Gasteiger partial charge in [-0.05, 0) is 49.0 Å². The minimum atomic E-state index is -3.28. The number of hydrogen-bond acceptors (Lipinski definition) is 6. The molecule has 9 nitrogen and oxygen atoms in total. The third-order valence-corrected chi connectivity index (χ3v) is 8.87. The van der Waals surface area contributed by atoms with E-state index in [0.717, 1.165) is 41.2 Å². The summed E-state index contributed by atoms with van der Waals surface area (Å²) in [6.07, 6.45) is 2.99. The van der Waals surface area contributed by atoms with Crippen LogP contribution in [0, 0.1) is 0 Å². The van der Waals surface area contributed by atoms with E-state index in [1.807, 2.05) is 54.4 Å². The van der Waals surface area contributed by atoms with Gasteiger partial charge in [-0.15, -0.1) is 0 Å². The average molecular weight is 580 g/mol. The lowest BCUT2D eigenvalue weighted by atomic mass is 9.98. The minimum Gasteiger partial charge on any atom is -0.346 e. The molecular formula is C29H30ClN5O4S. The summed E-state index contributed by atoms with van der Waals surface area (Å²) >= 11 is 6.21. The Morgan fingerprint density at radius 3 is 2.38 bits per heavy atom. The Bertz CT molecular complexity index is 1820. The van der Waals surface area contributed by atoms with Crippen LogP contribution in [0.1, 0.15) is 21.6 Å². The molecule has 2 aromatic heterocycles. The number of anilines is 2. The maximum atomic E-state index is 13.9. The number of hydrogen-bond donors (Lipinski definition) is 1. The van der Waals surface area contributed by atoms with Crippen LogP contribution in [-0.4, -0.2) is 73.2 Å². The van der Waals surface area contributed by atoms with Gasteiger partial charge in [-0.1, -0.05) is 17.7 Å². The lowest BCUT2D eigenvalue weighted by molar-refractivity contribution is 0.0658. The van der Waals surface area contributed by atoms with E-state index in [-0.39, 0.29) is 17.2 Å². The van der Waals surface area contributed by atoms with E-state index in [9.17, 15) is 18.0 Å². The van der Waals surface area contributed by atoms with Crippen LogP contribution in [0.25, 0.3) is 22.0 Å². The van der Waals surface area contributed by atoms with Gasteiger partial charge in [-0.25, -0.2) is 8.42 Å². The second-order valence-electron chi connectivity index (χ2n) is 10.8. The van der Waals surface area contributed by atoms with Crippen LogP contribution in [0.5, 0.6) is 0 Å². The lowest BCUT2D eigenvalue weighted by Gasteiger charge is -2.32. The largest absolute Gasteiger partial charge is 0.346 e. The molecule has 0 saturated carbocycles. The maximum Gasteiger partial charge on any atom is 0.274 e. The van der Waals surface area contributed by atoms with E-state index >= 15 is 0 Å². The fourth-order valence-electron chi connectivity index (χ4n) is 5.72. The number of benzene rings is 2. The predicted octanol–water partition coefficient (Wildman–Crippen LogP) is 3.77. The number of amides is 1. The zero-order chi connectivity index (χ0) is 28.3. The second-order valence-corrected chi connectivity index (χ2v) is 13.3. The highest BCUT2D eigenvalue weighted by Gasteiger charge is 2.32. The zero-order valence-electron chi connectivity index (χ0n) is 22.6. The molecule has 0 bridgehead atoms. The van der Waals surface area contributed by atoms with Crippen molar-refractivity contribution in [3.63, 3.8) is 0 Å². The van der Waals surface area contributed by atoms with E-state index in [1.165, 1.54) is 10.8 Å². The summed E-state index contributed by atoms with van der Waals surface area (Å²) < 4.78 is 25.9.